The molecule has 0 unspecified atom stereocenters. The van der Waals surface area contributed by atoms with Crippen LogP contribution < -0.4 is 19.9 Å². The molecule has 1 aromatic rings. The quantitative estimate of drug-likeness (QED) is 0.141. The first kappa shape index (κ1) is 36.3. The number of carbonyl (C=O) groups excluding carboxylic acids is 2. The summed E-state index contributed by atoms with van der Waals surface area (Å²) >= 11 is 0. The van der Waals surface area contributed by atoms with Gasteiger partial charge in [-0.15, -0.1) is 0 Å². The first-order valence-electron chi connectivity index (χ1n) is 13.5. The Morgan fingerprint density at radius 2 is 1.59 bits per heavy atom. The number of carbonyl (C=O) groups is 2. The lowest BCUT2D eigenvalue weighted by atomic mass is 10.0. The summed E-state index contributed by atoms with van der Waals surface area (Å²) in [7, 11) is 5.18. The molecule has 13 heteroatoms. The van der Waals surface area contributed by atoms with Crippen LogP contribution in [-0.2, 0) is 30.3 Å². The van der Waals surface area contributed by atoms with Crippen LogP contribution in [0.5, 0.6) is 17.2 Å². The molecule has 236 valence electrons. The first-order chi connectivity index (χ1) is 19.3. The number of unbranched alkanes of at least 4 members (excludes halogenated alkanes) is 1. The Morgan fingerprint density at radius 3 is 2.05 bits per heavy atom. The van der Waals surface area contributed by atoms with Gasteiger partial charge < -0.3 is 39.1 Å². The van der Waals surface area contributed by atoms with E-state index in [0.29, 0.717) is 30.8 Å². The van der Waals surface area contributed by atoms with E-state index in [2.05, 4.69) is 0 Å². The molecule has 2 atom stereocenters. The van der Waals surface area contributed by atoms with Crippen molar-refractivity contribution in [2.45, 2.75) is 84.0 Å². The van der Waals surface area contributed by atoms with Crippen LogP contribution in [0.25, 0.3) is 0 Å². The number of rotatable bonds is 19. The number of nitrogens with zero attached hydrogens (tertiary/aromatic N) is 1. The van der Waals surface area contributed by atoms with Crippen molar-refractivity contribution < 1.29 is 51.2 Å². The maximum atomic E-state index is 13.7. The predicted molar refractivity (Wildman–Crippen MR) is 146 cm³/mol. The number of amides is 1. The lowest BCUT2D eigenvalue weighted by molar-refractivity contribution is -0.201. The molecular formula is C28H45F3N2O8. The Kier molecular flexibility index (Phi) is 15.8. The summed E-state index contributed by atoms with van der Waals surface area (Å²) in [5.41, 5.74) is 6.48. The molecule has 41 heavy (non-hydrogen) atoms. The summed E-state index contributed by atoms with van der Waals surface area (Å²) in [5.74, 6) is -0.100. The molecule has 1 aromatic carbocycles. The van der Waals surface area contributed by atoms with Crippen molar-refractivity contribution in [3.8, 4) is 17.2 Å². The highest BCUT2D eigenvalue weighted by molar-refractivity contribution is 5.82. The van der Waals surface area contributed by atoms with E-state index in [1.54, 1.807) is 19.1 Å². The number of nitrogens with two attached hydrogens (primary N) is 1. The molecule has 0 bridgehead atoms. The van der Waals surface area contributed by atoms with Crippen LogP contribution in [0.4, 0.5) is 13.2 Å². The lowest BCUT2D eigenvalue weighted by Crippen LogP contribution is -2.54. The van der Waals surface area contributed by atoms with Crippen LogP contribution >= 0.6 is 0 Å². The van der Waals surface area contributed by atoms with Crippen LogP contribution in [0.1, 0.15) is 58.4 Å². The summed E-state index contributed by atoms with van der Waals surface area (Å²) in [5, 5.41) is 0. The highest BCUT2D eigenvalue weighted by Crippen LogP contribution is 2.37. The van der Waals surface area contributed by atoms with Gasteiger partial charge in [-0.2, -0.15) is 13.2 Å². The van der Waals surface area contributed by atoms with E-state index in [4.69, 9.17) is 34.2 Å². The third-order valence-corrected chi connectivity index (χ3v) is 6.20. The molecule has 0 aliphatic carbocycles. The van der Waals surface area contributed by atoms with Crippen molar-refractivity contribution >= 4 is 11.9 Å². The third kappa shape index (κ3) is 12.3. The average Bonchev–Trinajstić information content (AvgIpc) is 2.90. The van der Waals surface area contributed by atoms with Gasteiger partial charge in [0.1, 0.15) is 17.2 Å². The van der Waals surface area contributed by atoms with Gasteiger partial charge in [-0.3, -0.25) is 9.59 Å². The Bertz CT molecular complexity index is 916. The third-order valence-electron chi connectivity index (χ3n) is 6.20. The van der Waals surface area contributed by atoms with Gasteiger partial charge in [-0.1, -0.05) is 13.8 Å². The standard InChI is InChI=1S/C28H45F3N2O8/c1-8-40-25(34)11-9-10-12-41-19-14-23(36-4)20(24(15-19)37-5)17-33(26(35)21(32)13-18(2)3)22(16-28(29,30)31)27(38-6)39-7/h14-15,18,21-22,27H,8-13,16-17,32H2,1-7H3/t21-,22-/m0/s1. The van der Waals surface area contributed by atoms with Crippen molar-refractivity contribution in [1.29, 1.82) is 0 Å². The Labute approximate surface area is 240 Å². The molecule has 1 rings (SSSR count). The number of alkyl halides is 3. The normalized spacial score (nSPS) is 13.2. The summed E-state index contributed by atoms with van der Waals surface area (Å²) in [4.78, 5) is 26.1. The molecule has 10 nitrogen and oxygen atoms in total. The second-order valence-electron chi connectivity index (χ2n) is 9.85. The van der Waals surface area contributed by atoms with Gasteiger partial charge in [0.15, 0.2) is 6.29 Å². The summed E-state index contributed by atoms with van der Waals surface area (Å²) in [6.07, 6.45) is -5.74. The largest absolute Gasteiger partial charge is 0.496 e. The Hall–Kier alpha value is -2.77. The van der Waals surface area contributed by atoms with E-state index in [-0.39, 0.29) is 49.4 Å². The number of methoxy groups -OCH3 is 4. The van der Waals surface area contributed by atoms with Crippen molar-refractivity contribution in [2.24, 2.45) is 11.7 Å². The number of hydrogen-bond acceptors (Lipinski definition) is 9. The van der Waals surface area contributed by atoms with Gasteiger partial charge in [0, 0.05) is 32.8 Å². The number of benzene rings is 1. The molecule has 2 N–H and O–H groups in total. The minimum Gasteiger partial charge on any atom is -0.496 e. The average molecular weight is 595 g/mol. The molecule has 0 aromatic heterocycles. The fourth-order valence-electron chi connectivity index (χ4n) is 4.35. The van der Waals surface area contributed by atoms with Gasteiger partial charge in [-0.05, 0) is 32.1 Å². The van der Waals surface area contributed by atoms with Crippen LogP contribution in [0, 0.1) is 5.92 Å². The molecule has 0 fully saturated rings. The van der Waals surface area contributed by atoms with E-state index in [9.17, 15) is 22.8 Å². The van der Waals surface area contributed by atoms with E-state index in [0.717, 1.165) is 4.90 Å². The Balaban J connectivity index is 3.39. The molecule has 0 saturated carbocycles. The molecule has 0 radical (unpaired) electrons. The molecule has 0 aliphatic heterocycles. The first-order valence-corrected chi connectivity index (χ1v) is 13.5. The van der Waals surface area contributed by atoms with E-state index < -0.39 is 36.9 Å². The van der Waals surface area contributed by atoms with Crippen molar-refractivity contribution in [2.75, 3.05) is 41.7 Å². The van der Waals surface area contributed by atoms with Crippen molar-refractivity contribution in [3.05, 3.63) is 17.7 Å². The minimum atomic E-state index is -4.64. The van der Waals surface area contributed by atoms with Crippen molar-refractivity contribution in [3.63, 3.8) is 0 Å². The van der Waals surface area contributed by atoms with E-state index in [1.807, 2.05) is 13.8 Å². The maximum Gasteiger partial charge on any atom is 0.391 e. The molecule has 0 heterocycles. The number of esters is 1. The zero-order chi connectivity index (χ0) is 31.2. The topological polar surface area (TPSA) is 119 Å². The van der Waals surface area contributed by atoms with Gasteiger partial charge in [0.2, 0.25) is 5.91 Å². The SMILES string of the molecule is CCOC(=O)CCCCOc1cc(OC)c(CN(C(=O)[C@@H](N)CC(C)C)[C@@H](CC(F)(F)F)C(OC)OC)c(OC)c1. The van der Waals surface area contributed by atoms with Crippen LogP contribution in [0.2, 0.25) is 0 Å². The predicted octanol–water partition coefficient (Wildman–Crippen LogP) is 4.46. The molecule has 0 aliphatic rings. The van der Waals surface area contributed by atoms with E-state index in [1.165, 1.54) is 28.4 Å². The summed E-state index contributed by atoms with van der Waals surface area (Å²) in [6, 6.07) is 0.501. The molecule has 0 spiro atoms. The number of hydrogen-bond donors (Lipinski definition) is 1. The van der Waals surface area contributed by atoms with Gasteiger partial charge in [-0.25, -0.2) is 0 Å². The lowest BCUT2D eigenvalue weighted by Gasteiger charge is -2.38. The zero-order valence-corrected chi connectivity index (χ0v) is 25.0. The van der Waals surface area contributed by atoms with Gasteiger partial charge in [0.05, 0.1) is 58.0 Å². The number of ether oxygens (including phenoxy) is 6. The van der Waals surface area contributed by atoms with Gasteiger partial charge >= 0.3 is 12.1 Å². The summed E-state index contributed by atoms with van der Waals surface area (Å²) < 4.78 is 73.4. The monoisotopic (exact) mass is 594 g/mol. The fraction of sp³-hybridized carbons (Fsp3) is 0.714. The second-order valence-corrected chi connectivity index (χ2v) is 9.85. The zero-order valence-electron chi connectivity index (χ0n) is 25.0. The number of halogens is 3. The van der Waals surface area contributed by atoms with Crippen LogP contribution in [-0.4, -0.2) is 83.0 Å². The highest BCUT2D eigenvalue weighted by atomic mass is 19.4. The molecule has 1 amide bonds. The summed E-state index contributed by atoms with van der Waals surface area (Å²) in [6.45, 7) is 5.74. The smallest absolute Gasteiger partial charge is 0.391 e. The van der Waals surface area contributed by atoms with Crippen molar-refractivity contribution in [1.82, 2.24) is 4.90 Å². The Morgan fingerprint density at radius 1 is 1.00 bits per heavy atom. The maximum absolute atomic E-state index is 13.7. The fourth-order valence-corrected chi connectivity index (χ4v) is 4.35. The van der Waals surface area contributed by atoms with Gasteiger partial charge in [0.25, 0.3) is 0 Å². The van der Waals surface area contributed by atoms with Crippen LogP contribution in [0.3, 0.4) is 0 Å². The minimum absolute atomic E-state index is 0.0234. The molecule has 0 saturated heterocycles. The van der Waals surface area contributed by atoms with E-state index >= 15 is 0 Å². The molecular weight excluding hydrogens is 549 g/mol. The highest BCUT2D eigenvalue weighted by Gasteiger charge is 2.42. The van der Waals surface area contributed by atoms with Crippen LogP contribution in [0.15, 0.2) is 12.1 Å². The second kappa shape index (κ2) is 17.9.